The molecule has 0 fully saturated rings. The molecule has 0 aliphatic carbocycles. The van der Waals surface area contributed by atoms with Crippen molar-refractivity contribution in [2.24, 2.45) is 11.8 Å². The van der Waals surface area contributed by atoms with Crippen molar-refractivity contribution >= 4 is 0 Å². The van der Waals surface area contributed by atoms with Gasteiger partial charge in [0, 0.05) is 13.2 Å². The standard InChI is InChI=1S/C17H36O2/c1-3-5-7-9-11-16(10-8-6-4-2)14-17(15-19)12-13-18/h16-19H,3-15H2,1-2H3. The summed E-state index contributed by atoms with van der Waals surface area (Å²) in [5, 5.41) is 18.4. The van der Waals surface area contributed by atoms with Crippen molar-refractivity contribution in [2.75, 3.05) is 13.2 Å². The highest BCUT2D eigenvalue weighted by atomic mass is 16.3. The van der Waals surface area contributed by atoms with Crippen LogP contribution in [-0.2, 0) is 0 Å². The number of aliphatic hydroxyl groups is 2. The molecule has 0 amide bonds. The molecule has 0 aromatic heterocycles. The monoisotopic (exact) mass is 272 g/mol. The number of hydrogen-bond acceptors (Lipinski definition) is 2. The van der Waals surface area contributed by atoms with Crippen LogP contribution < -0.4 is 0 Å². The topological polar surface area (TPSA) is 40.5 Å². The molecule has 0 aliphatic heterocycles. The highest BCUT2D eigenvalue weighted by Crippen LogP contribution is 2.26. The van der Waals surface area contributed by atoms with Gasteiger partial charge in [0.1, 0.15) is 0 Å². The van der Waals surface area contributed by atoms with E-state index in [0.717, 1.165) is 18.8 Å². The second-order valence-electron chi connectivity index (χ2n) is 6.01. The van der Waals surface area contributed by atoms with Crippen molar-refractivity contribution in [1.29, 1.82) is 0 Å². The molecule has 2 atom stereocenters. The molecule has 0 saturated carbocycles. The summed E-state index contributed by atoms with van der Waals surface area (Å²) in [5.41, 5.74) is 0. The minimum Gasteiger partial charge on any atom is -0.396 e. The number of aliphatic hydroxyl groups excluding tert-OH is 2. The Morgan fingerprint density at radius 2 is 1.26 bits per heavy atom. The highest BCUT2D eigenvalue weighted by Gasteiger charge is 2.15. The Bertz CT molecular complexity index is 171. The smallest absolute Gasteiger partial charge is 0.0460 e. The summed E-state index contributed by atoms with van der Waals surface area (Å²) in [6.07, 6.45) is 13.7. The normalized spacial score (nSPS) is 14.5. The van der Waals surface area contributed by atoms with Gasteiger partial charge in [0.25, 0.3) is 0 Å². The van der Waals surface area contributed by atoms with Crippen LogP contribution in [0.5, 0.6) is 0 Å². The lowest BCUT2D eigenvalue weighted by molar-refractivity contribution is 0.156. The van der Waals surface area contributed by atoms with Gasteiger partial charge in [-0.25, -0.2) is 0 Å². The molecule has 2 N–H and O–H groups in total. The maximum Gasteiger partial charge on any atom is 0.0460 e. The van der Waals surface area contributed by atoms with Crippen LogP contribution in [-0.4, -0.2) is 23.4 Å². The number of rotatable bonds is 14. The molecule has 0 rings (SSSR count). The van der Waals surface area contributed by atoms with Crippen LogP contribution in [0.25, 0.3) is 0 Å². The molecular formula is C17H36O2. The third-order valence-electron chi connectivity index (χ3n) is 4.14. The third-order valence-corrected chi connectivity index (χ3v) is 4.14. The van der Waals surface area contributed by atoms with Gasteiger partial charge in [0.2, 0.25) is 0 Å². The summed E-state index contributed by atoms with van der Waals surface area (Å²) in [6, 6.07) is 0. The van der Waals surface area contributed by atoms with Gasteiger partial charge in [-0.1, -0.05) is 71.6 Å². The Balaban J connectivity index is 3.99. The average molecular weight is 272 g/mol. The second kappa shape index (κ2) is 14.3. The molecule has 0 saturated heterocycles. The average Bonchev–Trinajstić information content (AvgIpc) is 2.42. The van der Waals surface area contributed by atoms with Gasteiger partial charge in [-0.2, -0.15) is 0 Å². The Labute approximate surface area is 120 Å². The molecule has 0 aromatic carbocycles. The van der Waals surface area contributed by atoms with Crippen molar-refractivity contribution < 1.29 is 10.2 Å². The van der Waals surface area contributed by atoms with E-state index in [9.17, 15) is 5.11 Å². The Morgan fingerprint density at radius 1 is 0.684 bits per heavy atom. The SMILES string of the molecule is CCCCCCC(CCCCC)CC(CO)CCO. The molecule has 0 spiro atoms. The zero-order valence-corrected chi connectivity index (χ0v) is 13.2. The van der Waals surface area contributed by atoms with Crippen molar-refractivity contribution in [1.82, 2.24) is 0 Å². The first-order chi connectivity index (χ1) is 9.28. The number of unbranched alkanes of at least 4 members (excludes halogenated alkanes) is 5. The molecule has 0 aromatic rings. The van der Waals surface area contributed by atoms with Crippen molar-refractivity contribution in [3.05, 3.63) is 0 Å². The number of hydrogen-bond donors (Lipinski definition) is 2. The minimum absolute atomic E-state index is 0.211. The van der Waals surface area contributed by atoms with Crippen LogP contribution >= 0.6 is 0 Å². The Hall–Kier alpha value is -0.0800. The van der Waals surface area contributed by atoms with Gasteiger partial charge in [-0.15, -0.1) is 0 Å². The molecule has 2 heteroatoms. The molecule has 116 valence electrons. The highest BCUT2D eigenvalue weighted by molar-refractivity contribution is 4.67. The lowest BCUT2D eigenvalue weighted by Gasteiger charge is -2.22. The van der Waals surface area contributed by atoms with E-state index < -0.39 is 0 Å². The van der Waals surface area contributed by atoms with E-state index in [1.54, 1.807) is 0 Å². The van der Waals surface area contributed by atoms with E-state index in [0.29, 0.717) is 5.92 Å². The molecule has 0 heterocycles. The first-order valence-electron chi connectivity index (χ1n) is 8.50. The molecular weight excluding hydrogens is 236 g/mol. The summed E-state index contributed by atoms with van der Waals surface area (Å²) >= 11 is 0. The summed E-state index contributed by atoms with van der Waals surface area (Å²) in [4.78, 5) is 0. The largest absolute Gasteiger partial charge is 0.396 e. The minimum atomic E-state index is 0.211. The van der Waals surface area contributed by atoms with Gasteiger partial charge in [0.15, 0.2) is 0 Å². The fourth-order valence-corrected chi connectivity index (χ4v) is 2.86. The lowest BCUT2D eigenvalue weighted by atomic mass is 9.85. The van der Waals surface area contributed by atoms with Gasteiger partial charge < -0.3 is 10.2 Å². The molecule has 0 bridgehead atoms. The van der Waals surface area contributed by atoms with Crippen LogP contribution in [0.15, 0.2) is 0 Å². The van der Waals surface area contributed by atoms with Crippen molar-refractivity contribution in [3.63, 3.8) is 0 Å². The summed E-state index contributed by atoms with van der Waals surface area (Å²) in [7, 11) is 0. The van der Waals surface area contributed by atoms with E-state index >= 15 is 0 Å². The Kier molecular flexibility index (Phi) is 14.3. The van der Waals surface area contributed by atoms with Gasteiger partial charge in [-0.05, 0) is 24.7 Å². The van der Waals surface area contributed by atoms with E-state index in [-0.39, 0.29) is 13.2 Å². The summed E-state index contributed by atoms with van der Waals surface area (Å²) in [6.45, 7) is 4.95. The van der Waals surface area contributed by atoms with Crippen LogP contribution in [0.3, 0.4) is 0 Å². The predicted octanol–water partition coefficient (Wildman–Crippen LogP) is 4.53. The molecule has 2 nitrogen and oxygen atoms in total. The molecule has 2 unspecified atom stereocenters. The molecule has 0 radical (unpaired) electrons. The first-order valence-corrected chi connectivity index (χ1v) is 8.50. The van der Waals surface area contributed by atoms with Crippen LogP contribution in [0.2, 0.25) is 0 Å². The third kappa shape index (κ3) is 11.4. The quantitative estimate of drug-likeness (QED) is 0.456. The van der Waals surface area contributed by atoms with Crippen molar-refractivity contribution in [3.8, 4) is 0 Å². The fraction of sp³-hybridized carbons (Fsp3) is 1.00. The zero-order chi connectivity index (χ0) is 14.3. The van der Waals surface area contributed by atoms with E-state index in [1.165, 1.54) is 57.8 Å². The zero-order valence-electron chi connectivity index (χ0n) is 13.2. The Morgan fingerprint density at radius 3 is 1.79 bits per heavy atom. The van der Waals surface area contributed by atoms with Gasteiger partial charge >= 0.3 is 0 Å². The maximum atomic E-state index is 9.38. The van der Waals surface area contributed by atoms with E-state index in [2.05, 4.69) is 13.8 Å². The maximum absolute atomic E-state index is 9.38. The second-order valence-corrected chi connectivity index (χ2v) is 6.01. The van der Waals surface area contributed by atoms with Crippen LogP contribution in [0.4, 0.5) is 0 Å². The summed E-state index contributed by atoms with van der Waals surface area (Å²) < 4.78 is 0. The van der Waals surface area contributed by atoms with E-state index in [4.69, 9.17) is 5.11 Å². The van der Waals surface area contributed by atoms with E-state index in [1.807, 2.05) is 0 Å². The van der Waals surface area contributed by atoms with Crippen LogP contribution in [0, 0.1) is 11.8 Å². The molecule has 19 heavy (non-hydrogen) atoms. The lowest BCUT2D eigenvalue weighted by Crippen LogP contribution is -2.14. The van der Waals surface area contributed by atoms with Crippen molar-refractivity contribution in [2.45, 2.75) is 84.5 Å². The fourth-order valence-electron chi connectivity index (χ4n) is 2.86. The predicted molar refractivity (Wildman–Crippen MR) is 83.3 cm³/mol. The van der Waals surface area contributed by atoms with Crippen LogP contribution in [0.1, 0.15) is 84.5 Å². The molecule has 0 aliphatic rings. The van der Waals surface area contributed by atoms with Gasteiger partial charge in [-0.3, -0.25) is 0 Å². The van der Waals surface area contributed by atoms with Gasteiger partial charge in [0.05, 0.1) is 0 Å². The first kappa shape index (κ1) is 18.9. The summed E-state index contributed by atoms with van der Waals surface area (Å²) in [5.74, 6) is 1.06.